The molecule has 0 amide bonds. The topological polar surface area (TPSA) is 112 Å². The van der Waals surface area contributed by atoms with Gasteiger partial charge in [0.15, 0.2) is 5.65 Å². The molecule has 8 heteroatoms. The van der Waals surface area contributed by atoms with E-state index in [9.17, 15) is 10.1 Å². The molecule has 90 valence electrons. The standard InChI is InChI=1S/C10H8N6O2/c1-5-12-8-4-6(16(17)18)2-3-7(8)9-13-10(11)14-15(5)9/h2-4H,1H3,(H2,11,14). The van der Waals surface area contributed by atoms with Gasteiger partial charge in [-0.25, -0.2) is 4.98 Å². The number of benzene rings is 1. The van der Waals surface area contributed by atoms with E-state index >= 15 is 0 Å². The lowest BCUT2D eigenvalue weighted by Gasteiger charge is -2.01. The SMILES string of the molecule is Cc1nc2cc([N+](=O)[O-])ccc2c2nc(N)nn12. The minimum atomic E-state index is -0.459. The number of fused-ring (bicyclic) bond motifs is 3. The number of nitro benzene ring substituents is 1. The Morgan fingerprint density at radius 1 is 1.39 bits per heavy atom. The summed E-state index contributed by atoms with van der Waals surface area (Å²) in [6, 6.07) is 4.42. The highest BCUT2D eigenvalue weighted by molar-refractivity contribution is 5.92. The van der Waals surface area contributed by atoms with Gasteiger partial charge in [-0.2, -0.15) is 9.50 Å². The van der Waals surface area contributed by atoms with E-state index in [4.69, 9.17) is 5.73 Å². The van der Waals surface area contributed by atoms with E-state index in [0.717, 1.165) is 0 Å². The van der Waals surface area contributed by atoms with Gasteiger partial charge in [-0.1, -0.05) is 0 Å². The maximum Gasteiger partial charge on any atom is 0.271 e. The Balaban J connectivity index is 2.45. The van der Waals surface area contributed by atoms with E-state index in [2.05, 4.69) is 15.1 Å². The van der Waals surface area contributed by atoms with Crippen molar-refractivity contribution in [2.24, 2.45) is 0 Å². The maximum absolute atomic E-state index is 10.7. The number of hydrogen-bond acceptors (Lipinski definition) is 6. The summed E-state index contributed by atoms with van der Waals surface area (Å²) in [5.41, 5.74) is 6.59. The molecular formula is C10H8N6O2. The van der Waals surface area contributed by atoms with Crippen LogP contribution in [0.15, 0.2) is 18.2 Å². The molecule has 0 unspecified atom stereocenters. The highest BCUT2D eigenvalue weighted by atomic mass is 16.6. The van der Waals surface area contributed by atoms with Crippen LogP contribution in [-0.2, 0) is 0 Å². The molecule has 0 bridgehead atoms. The van der Waals surface area contributed by atoms with Crippen LogP contribution in [0.2, 0.25) is 0 Å². The maximum atomic E-state index is 10.7. The number of anilines is 1. The first-order valence-corrected chi connectivity index (χ1v) is 5.13. The van der Waals surface area contributed by atoms with Crippen LogP contribution in [0.1, 0.15) is 5.82 Å². The Bertz CT molecular complexity index is 794. The van der Waals surface area contributed by atoms with Gasteiger partial charge in [0.2, 0.25) is 5.95 Å². The van der Waals surface area contributed by atoms with Gasteiger partial charge >= 0.3 is 0 Å². The third-order valence-electron chi connectivity index (χ3n) is 2.65. The quantitative estimate of drug-likeness (QED) is 0.506. The molecule has 0 aliphatic carbocycles. The first-order chi connectivity index (χ1) is 8.56. The van der Waals surface area contributed by atoms with E-state index in [1.165, 1.54) is 16.6 Å². The van der Waals surface area contributed by atoms with Gasteiger partial charge in [-0.05, 0) is 13.0 Å². The molecule has 2 aromatic heterocycles. The Morgan fingerprint density at radius 3 is 2.89 bits per heavy atom. The zero-order chi connectivity index (χ0) is 12.9. The molecular weight excluding hydrogens is 236 g/mol. The summed E-state index contributed by atoms with van der Waals surface area (Å²) < 4.78 is 1.52. The summed E-state index contributed by atoms with van der Waals surface area (Å²) >= 11 is 0. The lowest BCUT2D eigenvalue weighted by atomic mass is 10.2. The number of aryl methyl sites for hydroxylation is 1. The van der Waals surface area contributed by atoms with Gasteiger partial charge in [-0.15, -0.1) is 5.10 Å². The number of nitrogens with two attached hydrogens (primary N) is 1. The van der Waals surface area contributed by atoms with Crippen molar-refractivity contribution in [1.82, 2.24) is 19.6 Å². The third-order valence-corrected chi connectivity index (χ3v) is 2.65. The van der Waals surface area contributed by atoms with Crippen LogP contribution in [-0.4, -0.2) is 24.5 Å². The van der Waals surface area contributed by atoms with Crippen molar-refractivity contribution in [3.8, 4) is 0 Å². The Hall–Kier alpha value is -2.77. The van der Waals surface area contributed by atoms with Crippen LogP contribution in [0.25, 0.3) is 16.6 Å². The average molecular weight is 244 g/mol. The van der Waals surface area contributed by atoms with Crippen LogP contribution < -0.4 is 5.73 Å². The number of nitrogen functional groups attached to an aromatic ring is 1. The molecule has 0 fully saturated rings. The van der Waals surface area contributed by atoms with Gasteiger partial charge < -0.3 is 5.73 Å². The van der Waals surface area contributed by atoms with Crippen molar-refractivity contribution in [3.63, 3.8) is 0 Å². The lowest BCUT2D eigenvalue weighted by Crippen LogP contribution is -1.99. The van der Waals surface area contributed by atoms with Crippen molar-refractivity contribution in [2.45, 2.75) is 6.92 Å². The number of nitrogens with zero attached hydrogens (tertiary/aromatic N) is 5. The van der Waals surface area contributed by atoms with Crippen LogP contribution >= 0.6 is 0 Å². The number of aromatic nitrogens is 4. The van der Waals surface area contributed by atoms with E-state index in [1.807, 2.05) is 0 Å². The summed E-state index contributed by atoms with van der Waals surface area (Å²) in [5, 5.41) is 15.4. The molecule has 8 nitrogen and oxygen atoms in total. The van der Waals surface area contributed by atoms with E-state index in [0.29, 0.717) is 22.4 Å². The zero-order valence-corrected chi connectivity index (χ0v) is 9.36. The summed E-state index contributed by atoms with van der Waals surface area (Å²) in [5.74, 6) is 0.716. The fraction of sp³-hybridized carbons (Fsp3) is 0.100. The first-order valence-electron chi connectivity index (χ1n) is 5.13. The molecule has 0 aliphatic heterocycles. The number of nitro groups is 1. The predicted octanol–water partition coefficient (Wildman–Crippen LogP) is 1.08. The summed E-state index contributed by atoms with van der Waals surface area (Å²) in [6.07, 6.45) is 0. The smallest absolute Gasteiger partial charge is 0.271 e. The van der Waals surface area contributed by atoms with Gasteiger partial charge in [0.25, 0.3) is 5.69 Å². The molecule has 3 aromatic rings. The van der Waals surface area contributed by atoms with Crippen LogP contribution in [0.3, 0.4) is 0 Å². The Labute approximate surface area is 100 Å². The second-order valence-corrected chi connectivity index (χ2v) is 3.82. The van der Waals surface area contributed by atoms with Gasteiger partial charge in [0.05, 0.1) is 10.4 Å². The number of rotatable bonds is 1. The monoisotopic (exact) mass is 244 g/mol. The van der Waals surface area contributed by atoms with Gasteiger partial charge in [0.1, 0.15) is 5.82 Å². The fourth-order valence-corrected chi connectivity index (χ4v) is 1.86. The van der Waals surface area contributed by atoms with Crippen molar-refractivity contribution < 1.29 is 4.92 Å². The highest BCUT2D eigenvalue weighted by Gasteiger charge is 2.13. The average Bonchev–Trinajstić information content (AvgIpc) is 2.71. The molecule has 0 atom stereocenters. The number of hydrogen-bond donors (Lipinski definition) is 1. The predicted molar refractivity (Wildman–Crippen MR) is 64.1 cm³/mol. The minimum absolute atomic E-state index is 0.00811. The second kappa shape index (κ2) is 3.36. The molecule has 0 spiro atoms. The molecule has 3 rings (SSSR count). The Morgan fingerprint density at radius 2 is 2.17 bits per heavy atom. The largest absolute Gasteiger partial charge is 0.366 e. The van der Waals surface area contributed by atoms with Crippen molar-refractivity contribution in [2.75, 3.05) is 5.73 Å². The Kier molecular flexibility index (Phi) is 1.94. The number of non-ortho nitro benzene ring substituents is 1. The molecule has 18 heavy (non-hydrogen) atoms. The molecule has 0 aliphatic rings. The van der Waals surface area contributed by atoms with E-state index in [1.54, 1.807) is 13.0 Å². The van der Waals surface area contributed by atoms with Gasteiger partial charge in [0, 0.05) is 17.5 Å². The molecule has 0 radical (unpaired) electrons. The molecule has 2 heterocycles. The zero-order valence-electron chi connectivity index (χ0n) is 9.36. The fourth-order valence-electron chi connectivity index (χ4n) is 1.86. The highest BCUT2D eigenvalue weighted by Crippen LogP contribution is 2.23. The van der Waals surface area contributed by atoms with E-state index in [-0.39, 0.29) is 11.6 Å². The summed E-state index contributed by atoms with van der Waals surface area (Å²) in [4.78, 5) is 18.6. The first kappa shape index (κ1) is 10.4. The minimum Gasteiger partial charge on any atom is -0.366 e. The van der Waals surface area contributed by atoms with Crippen LogP contribution in [0, 0.1) is 17.0 Å². The third kappa shape index (κ3) is 1.35. The lowest BCUT2D eigenvalue weighted by molar-refractivity contribution is -0.384. The van der Waals surface area contributed by atoms with Crippen LogP contribution in [0.4, 0.5) is 11.6 Å². The van der Waals surface area contributed by atoms with Gasteiger partial charge in [-0.3, -0.25) is 10.1 Å². The second-order valence-electron chi connectivity index (χ2n) is 3.82. The summed E-state index contributed by atoms with van der Waals surface area (Å²) in [6.45, 7) is 1.74. The van der Waals surface area contributed by atoms with Crippen molar-refractivity contribution in [1.29, 1.82) is 0 Å². The normalized spacial score (nSPS) is 11.2. The molecule has 0 saturated heterocycles. The van der Waals surface area contributed by atoms with E-state index < -0.39 is 4.92 Å². The van der Waals surface area contributed by atoms with Crippen molar-refractivity contribution in [3.05, 3.63) is 34.1 Å². The van der Waals surface area contributed by atoms with Crippen molar-refractivity contribution >= 4 is 28.2 Å². The molecule has 2 N–H and O–H groups in total. The summed E-state index contributed by atoms with van der Waals surface area (Å²) in [7, 11) is 0. The molecule has 0 saturated carbocycles. The van der Waals surface area contributed by atoms with Crippen LogP contribution in [0.5, 0.6) is 0 Å². The molecule has 1 aromatic carbocycles.